The van der Waals surface area contributed by atoms with Crippen molar-refractivity contribution >= 4 is 19.8 Å². The van der Waals surface area contributed by atoms with Crippen LogP contribution in [0.15, 0.2) is 85.1 Å². The molecule has 0 heterocycles. The number of phosphoric ester groups is 1. The maximum absolute atomic E-state index is 12.8. The van der Waals surface area contributed by atoms with Crippen LogP contribution in [0.2, 0.25) is 0 Å². The number of likely N-dealkylation sites (N-methyl/N-ethyl adjacent to an activating group) is 1. The van der Waals surface area contributed by atoms with Crippen LogP contribution in [0.3, 0.4) is 0 Å². The minimum atomic E-state index is -4.64. The number of esters is 2. The van der Waals surface area contributed by atoms with Gasteiger partial charge in [0.05, 0.1) is 27.7 Å². The lowest BCUT2D eigenvalue weighted by atomic mass is 10.0. The molecule has 10 heteroatoms. The van der Waals surface area contributed by atoms with Crippen molar-refractivity contribution in [1.82, 2.24) is 0 Å². The van der Waals surface area contributed by atoms with Crippen molar-refractivity contribution in [1.29, 1.82) is 0 Å². The molecule has 0 aromatic carbocycles. The molecule has 0 fully saturated rings. The van der Waals surface area contributed by atoms with Crippen LogP contribution in [-0.2, 0) is 32.7 Å². The molecule has 0 spiro atoms. The summed E-state index contributed by atoms with van der Waals surface area (Å²) in [5, 5.41) is 0. The van der Waals surface area contributed by atoms with Gasteiger partial charge in [0.25, 0.3) is 7.82 Å². The predicted octanol–water partition coefficient (Wildman–Crippen LogP) is 20.0. The van der Waals surface area contributed by atoms with Crippen molar-refractivity contribution in [3.63, 3.8) is 0 Å². The van der Waals surface area contributed by atoms with Crippen molar-refractivity contribution in [2.24, 2.45) is 0 Å². The van der Waals surface area contributed by atoms with Gasteiger partial charge in [-0.3, -0.25) is 14.2 Å². The summed E-state index contributed by atoms with van der Waals surface area (Å²) in [4.78, 5) is 38.0. The molecule has 0 saturated heterocycles. The Morgan fingerprint density at radius 2 is 0.731 bits per heavy atom. The summed E-state index contributed by atoms with van der Waals surface area (Å²) in [5.74, 6) is -0.829. The molecule has 0 amide bonds. The van der Waals surface area contributed by atoms with E-state index in [1.807, 2.05) is 21.1 Å². The highest BCUT2D eigenvalue weighted by Gasteiger charge is 2.22. The lowest BCUT2D eigenvalue weighted by molar-refractivity contribution is -0.870. The first-order valence-corrected chi connectivity index (χ1v) is 33.8. The number of hydrogen-bond acceptors (Lipinski definition) is 8. The third-order valence-electron chi connectivity index (χ3n) is 13.9. The number of allylic oxidation sites excluding steroid dienone is 14. The molecule has 0 aromatic rings. The van der Waals surface area contributed by atoms with E-state index in [1.165, 1.54) is 173 Å². The fraction of sp³-hybridized carbons (Fsp3) is 0.765. The maximum atomic E-state index is 12.8. The topological polar surface area (TPSA) is 111 Å². The zero-order valence-corrected chi connectivity index (χ0v) is 52.2. The van der Waals surface area contributed by atoms with Gasteiger partial charge in [-0.2, -0.15) is 0 Å². The maximum Gasteiger partial charge on any atom is 0.306 e. The number of ether oxygens (including phenoxy) is 2. The molecule has 78 heavy (non-hydrogen) atoms. The number of rotatable bonds is 59. The summed E-state index contributed by atoms with van der Waals surface area (Å²) in [6, 6.07) is 0. The number of quaternary nitrogens is 1. The first-order valence-electron chi connectivity index (χ1n) is 32.3. The van der Waals surface area contributed by atoms with E-state index in [-0.39, 0.29) is 32.0 Å². The molecule has 0 aliphatic rings. The van der Waals surface area contributed by atoms with E-state index in [9.17, 15) is 19.0 Å². The van der Waals surface area contributed by atoms with Crippen molar-refractivity contribution < 1.29 is 42.1 Å². The fourth-order valence-corrected chi connectivity index (χ4v) is 9.68. The summed E-state index contributed by atoms with van der Waals surface area (Å²) in [5.41, 5.74) is 0. The number of unbranched alkanes of at least 4 members (excludes halogenated alkanes) is 31. The van der Waals surface area contributed by atoms with Crippen molar-refractivity contribution in [2.45, 2.75) is 290 Å². The van der Waals surface area contributed by atoms with E-state index in [2.05, 4.69) is 98.9 Å². The van der Waals surface area contributed by atoms with Crippen LogP contribution in [0, 0.1) is 0 Å². The van der Waals surface area contributed by atoms with E-state index < -0.39 is 26.5 Å². The molecule has 0 radical (unpaired) electrons. The molecule has 0 aliphatic heterocycles. The lowest BCUT2D eigenvalue weighted by Crippen LogP contribution is -2.37. The Kier molecular flexibility index (Phi) is 56.7. The molecule has 0 rings (SSSR count). The summed E-state index contributed by atoms with van der Waals surface area (Å²) in [7, 11) is 1.17. The normalized spacial score (nSPS) is 13.8. The lowest BCUT2D eigenvalue weighted by Gasteiger charge is -2.28. The minimum Gasteiger partial charge on any atom is -0.756 e. The number of hydrogen-bond donors (Lipinski definition) is 0. The minimum absolute atomic E-state index is 0.0333. The highest BCUT2D eigenvalue weighted by molar-refractivity contribution is 7.45. The molecule has 2 unspecified atom stereocenters. The van der Waals surface area contributed by atoms with Gasteiger partial charge in [0, 0.05) is 12.8 Å². The van der Waals surface area contributed by atoms with E-state index in [1.54, 1.807) is 0 Å². The van der Waals surface area contributed by atoms with Crippen LogP contribution in [0.4, 0.5) is 0 Å². The van der Waals surface area contributed by atoms with Gasteiger partial charge in [0.1, 0.15) is 19.8 Å². The Hall–Kier alpha value is -2.81. The molecule has 0 saturated carbocycles. The average Bonchev–Trinajstić information content (AvgIpc) is 3.41. The molecule has 9 nitrogen and oxygen atoms in total. The van der Waals surface area contributed by atoms with E-state index in [0.29, 0.717) is 17.4 Å². The smallest absolute Gasteiger partial charge is 0.306 e. The zero-order chi connectivity index (χ0) is 57.0. The van der Waals surface area contributed by atoms with Crippen LogP contribution in [0.1, 0.15) is 284 Å². The Morgan fingerprint density at radius 1 is 0.410 bits per heavy atom. The first-order chi connectivity index (χ1) is 38.0. The molecule has 0 aromatic heterocycles. The predicted molar refractivity (Wildman–Crippen MR) is 332 cm³/mol. The van der Waals surface area contributed by atoms with Crippen LogP contribution in [0.5, 0.6) is 0 Å². The Labute approximate surface area is 481 Å². The molecule has 0 N–H and O–H groups in total. The molecule has 0 aliphatic carbocycles. The van der Waals surface area contributed by atoms with Gasteiger partial charge in [-0.05, 0) is 89.9 Å². The SMILES string of the molecule is CC/C=C\C/C=C\C/C=C\C/C=C\C/C=C\CCCCCCCCCCCCCCCC(=O)OC(COC(=O)CCCCCCCCCCCCCCC/C=C\C/C=C\CCCCCCC)COP(=O)([O-])OCC[N+](C)(C)C. The third kappa shape index (κ3) is 62.4. The van der Waals surface area contributed by atoms with Crippen molar-refractivity contribution in [3.8, 4) is 0 Å². The quantitative estimate of drug-likeness (QED) is 0.0195. The Bertz CT molecular complexity index is 1590. The van der Waals surface area contributed by atoms with E-state index >= 15 is 0 Å². The molecule has 0 bridgehead atoms. The van der Waals surface area contributed by atoms with Gasteiger partial charge < -0.3 is 27.9 Å². The highest BCUT2D eigenvalue weighted by atomic mass is 31.2. The highest BCUT2D eigenvalue weighted by Crippen LogP contribution is 2.38. The zero-order valence-electron chi connectivity index (χ0n) is 51.3. The first kappa shape index (κ1) is 75.2. The van der Waals surface area contributed by atoms with Gasteiger partial charge in [-0.1, -0.05) is 266 Å². The second-order valence-corrected chi connectivity index (χ2v) is 24.2. The molecular formula is C68H122NO8P. The van der Waals surface area contributed by atoms with Crippen LogP contribution in [-0.4, -0.2) is 70.0 Å². The summed E-state index contributed by atoms with van der Waals surface area (Å²) >= 11 is 0. The number of carbonyl (C=O) groups excluding carboxylic acids is 2. The third-order valence-corrected chi connectivity index (χ3v) is 14.9. The van der Waals surface area contributed by atoms with Gasteiger partial charge in [-0.15, -0.1) is 0 Å². The van der Waals surface area contributed by atoms with E-state index in [0.717, 1.165) is 77.0 Å². The second-order valence-electron chi connectivity index (χ2n) is 22.7. The van der Waals surface area contributed by atoms with Crippen molar-refractivity contribution in [3.05, 3.63) is 85.1 Å². The van der Waals surface area contributed by atoms with Gasteiger partial charge in [0.15, 0.2) is 6.10 Å². The fourth-order valence-electron chi connectivity index (χ4n) is 8.95. The van der Waals surface area contributed by atoms with Gasteiger partial charge in [0.2, 0.25) is 0 Å². The van der Waals surface area contributed by atoms with Gasteiger partial charge >= 0.3 is 11.9 Å². The standard InChI is InChI=1S/C68H122NO8P/c1-6-8-10-12-14-16-18-20-22-24-26-28-30-32-33-34-35-37-39-41-43-45-47-49-51-53-55-57-59-61-68(71)77-66(65-76-78(72,73)75-63-62-69(3,4)5)64-74-67(70)60-58-56-54-52-50-48-46-44-42-40-38-36-31-29-27-25-23-21-19-17-15-13-11-9-7-2/h8,10,14,16,19-22,25-28,32-33,66H,6-7,9,11-13,15,17-18,23-24,29-31,34-65H2,1-5H3/b10-8-,16-14-,21-19-,22-20-,27-25-,28-26-,33-32-. The number of nitrogens with zero attached hydrogens (tertiary/aromatic N) is 1. The summed E-state index contributed by atoms with van der Waals surface area (Å²) < 4.78 is 34.3. The average molecular weight is 1110 g/mol. The summed E-state index contributed by atoms with van der Waals surface area (Å²) in [6.45, 7) is 4.14. The van der Waals surface area contributed by atoms with Gasteiger partial charge in [-0.25, -0.2) is 0 Å². The van der Waals surface area contributed by atoms with Crippen LogP contribution < -0.4 is 4.89 Å². The van der Waals surface area contributed by atoms with Crippen molar-refractivity contribution in [2.75, 3.05) is 47.5 Å². The van der Waals surface area contributed by atoms with Crippen LogP contribution in [0.25, 0.3) is 0 Å². The second kappa shape index (κ2) is 58.8. The molecule has 452 valence electrons. The van der Waals surface area contributed by atoms with Crippen LogP contribution >= 0.6 is 7.82 Å². The Morgan fingerprint density at radius 3 is 1.09 bits per heavy atom. The summed E-state index contributed by atoms with van der Waals surface area (Å²) in [6.07, 6.45) is 79.2. The Balaban J connectivity index is 4.10. The monoisotopic (exact) mass is 1110 g/mol. The number of carbonyl (C=O) groups is 2. The molecule has 2 atom stereocenters. The van der Waals surface area contributed by atoms with E-state index in [4.69, 9.17) is 18.5 Å². The largest absolute Gasteiger partial charge is 0.756 e. The number of phosphoric acid groups is 1. The molecular weight excluding hydrogens is 990 g/mol.